The summed E-state index contributed by atoms with van der Waals surface area (Å²) in [4.78, 5) is 4.39. The molecule has 3 heteroatoms. The molecule has 1 rings (SSSR count). The van der Waals surface area contributed by atoms with Crippen molar-refractivity contribution in [3.8, 4) is 0 Å². The molecule has 1 saturated heterocycles. The Morgan fingerprint density at radius 1 is 1.46 bits per heavy atom. The summed E-state index contributed by atoms with van der Waals surface area (Å²) in [5.41, 5.74) is 5.75. The van der Waals surface area contributed by atoms with Gasteiger partial charge in [0.1, 0.15) is 0 Å². The smallest absolute Gasteiger partial charge is 0.0962 e. The predicted octanol–water partition coefficient (Wildman–Crippen LogP) is 1.43. The number of nitrogens with two attached hydrogens (primary N) is 1. The summed E-state index contributed by atoms with van der Waals surface area (Å²) in [6, 6.07) is 0. The molecule has 0 aromatic rings. The van der Waals surface area contributed by atoms with Crippen molar-refractivity contribution in [3.05, 3.63) is 0 Å². The molecular formula is C10H20N2O. The Bertz CT molecular complexity index is 172. The normalized spacial score (nSPS) is 21.0. The molecular weight excluding hydrogens is 164 g/mol. The summed E-state index contributed by atoms with van der Waals surface area (Å²) in [6.45, 7) is 6.81. The molecule has 1 heterocycles. The summed E-state index contributed by atoms with van der Waals surface area (Å²) < 4.78 is 5.27. The lowest BCUT2D eigenvalue weighted by atomic mass is 10.0. The van der Waals surface area contributed by atoms with Gasteiger partial charge in [-0.2, -0.15) is 0 Å². The molecule has 2 N–H and O–H groups in total. The number of hydrogen-bond donors (Lipinski definition) is 1. The van der Waals surface area contributed by atoms with Crippen LogP contribution in [0.5, 0.6) is 0 Å². The molecule has 1 aliphatic heterocycles. The molecule has 0 bridgehead atoms. The quantitative estimate of drug-likeness (QED) is 0.532. The molecule has 76 valence electrons. The van der Waals surface area contributed by atoms with Gasteiger partial charge in [-0.15, -0.1) is 0 Å². The molecule has 0 aromatic heterocycles. The van der Waals surface area contributed by atoms with Crippen LogP contribution in [0.3, 0.4) is 0 Å². The van der Waals surface area contributed by atoms with Gasteiger partial charge in [0.15, 0.2) is 0 Å². The van der Waals surface area contributed by atoms with Gasteiger partial charge in [-0.3, -0.25) is 4.99 Å². The van der Waals surface area contributed by atoms with Crippen LogP contribution in [0, 0.1) is 11.8 Å². The molecule has 0 aromatic carbocycles. The zero-order chi connectivity index (χ0) is 9.68. The van der Waals surface area contributed by atoms with Crippen molar-refractivity contribution in [2.75, 3.05) is 19.8 Å². The molecule has 13 heavy (non-hydrogen) atoms. The highest BCUT2D eigenvalue weighted by atomic mass is 16.5. The average molecular weight is 184 g/mol. The van der Waals surface area contributed by atoms with Gasteiger partial charge in [-0.25, -0.2) is 0 Å². The maximum Gasteiger partial charge on any atom is 0.0962 e. The highest BCUT2D eigenvalue weighted by Crippen LogP contribution is 2.14. The minimum atomic E-state index is 0.375. The Kier molecular flexibility index (Phi) is 4.22. The zero-order valence-corrected chi connectivity index (χ0v) is 8.62. The number of nitrogens with zero attached hydrogens (tertiary/aromatic N) is 1. The molecule has 1 fully saturated rings. The van der Waals surface area contributed by atoms with Gasteiger partial charge in [-0.1, -0.05) is 13.8 Å². The lowest BCUT2D eigenvalue weighted by Crippen LogP contribution is -2.23. The van der Waals surface area contributed by atoms with Crippen molar-refractivity contribution in [2.45, 2.75) is 26.7 Å². The standard InChI is InChI=1S/C10H20N2O/c1-8(2)10(11)12-7-9-3-5-13-6-4-9/h8-9H,3-7H2,1-2H3,(H2,11,12). The van der Waals surface area contributed by atoms with E-state index < -0.39 is 0 Å². The minimum Gasteiger partial charge on any atom is -0.387 e. The molecule has 0 radical (unpaired) electrons. The van der Waals surface area contributed by atoms with Crippen LogP contribution >= 0.6 is 0 Å². The second-order valence-corrected chi connectivity index (χ2v) is 3.98. The average Bonchev–Trinajstić information content (AvgIpc) is 2.15. The first-order valence-corrected chi connectivity index (χ1v) is 5.07. The minimum absolute atomic E-state index is 0.375. The van der Waals surface area contributed by atoms with Crippen LogP contribution < -0.4 is 5.73 Å². The Morgan fingerprint density at radius 2 is 2.08 bits per heavy atom. The van der Waals surface area contributed by atoms with E-state index in [0.717, 1.165) is 38.4 Å². The Hall–Kier alpha value is -0.570. The molecule has 0 saturated carbocycles. The van der Waals surface area contributed by atoms with E-state index in [-0.39, 0.29) is 0 Å². The summed E-state index contributed by atoms with van der Waals surface area (Å²) in [7, 11) is 0. The van der Waals surface area contributed by atoms with Gasteiger partial charge in [0.25, 0.3) is 0 Å². The topological polar surface area (TPSA) is 47.6 Å². The molecule has 3 nitrogen and oxygen atoms in total. The van der Waals surface area contributed by atoms with Gasteiger partial charge in [-0.05, 0) is 18.8 Å². The Balaban J connectivity index is 2.27. The third-order valence-corrected chi connectivity index (χ3v) is 2.46. The second kappa shape index (κ2) is 5.22. The van der Waals surface area contributed by atoms with Crippen LogP contribution in [-0.2, 0) is 4.74 Å². The Morgan fingerprint density at radius 3 is 2.62 bits per heavy atom. The predicted molar refractivity (Wildman–Crippen MR) is 54.9 cm³/mol. The fraction of sp³-hybridized carbons (Fsp3) is 0.900. The zero-order valence-electron chi connectivity index (χ0n) is 8.62. The number of aliphatic imine (C=N–C) groups is 1. The van der Waals surface area contributed by atoms with Gasteiger partial charge in [0, 0.05) is 25.7 Å². The summed E-state index contributed by atoms with van der Waals surface area (Å²) in [6.07, 6.45) is 2.27. The number of hydrogen-bond acceptors (Lipinski definition) is 2. The lowest BCUT2D eigenvalue weighted by Gasteiger charge is -2.20. The van der Waals surface area contributed by atoms with Crippen LogP contribution in [0.1, 0.15) is 26.7 Å². The van der Waals surface area contributed by atoms with Crippen LogP contribution in [0.2, 0.25) is 0 Å². The fourth-order valence-electron chi connectivity index (χ4n) is 1.35. The van der Waals surface area contributed by atoms with Crippen molar-refractivity contribution in [1.82, 2.24) is 0 Å². The highest BCUT2D eigenvalue weighted by Gasteiger charge is 2.13. The van der Waals surface area contributed by atoms with Gasteiger partial charge < -0.3 is 10.5 Å². The van der Waals surface area contributed by atoms with E-state index in [1.165, 1.54) is 0 Å². The first-order chi connectivity index (χ1) is 6.20. The highest BCUT2D eigenvalue weighted by molar-refractivity contribution is 5.82. The van der Waals surface area contributed by atoms with E-state index in [0.29, 0.717) is 11.8 Å². The SMILES string of the molecule is CC(C)C(N)=NCC1CCOCC1. The fourth-order valence-corrected chi connectivity index (χ4v) is 1.35. The number of rotatable bonds is 3. The first kappa shape index (κ1) is 10.5. The molecule has 0 unspecified atom stereocenters. The molecule has 0 amide bonds. The third-order valence-electron chi connectivity index (χ3n) is 2.46. The van der Waals surface area contributed by atoms with E-state index >= 15 is 0 Å². The Labute approximate surface area is 80.4 Å². The largest absolute Gasteiger partial charge is 0.387 e. The first-order valence-electron chi connectivity index (χ1n) is 5.07. The van der Waals surface area contributed by atoms with Crippen LogP contribution in [0.25, 0.3) is 0 Å². The van der Waals surface area contributed by atoms with Crippen LogP contribution in [0.4, 0.5) is 0 Å². The van der Waals surface area contributed by atoms with Crippen molar-refractivity contribution >= 4 is 5.84 Å². The van der Waals surface area contributed by atoms with Crippen molar-refractivity contribution in [2.24, 2.45) is 22.6 Å². The van der Waals surface area contributed by atoms with E-state index in [9.17, 15) is 0 Å². The van der Waals surface area contributed by atoms with Crippen molar-refractivity contribution < 1.29 is 4.74 Å². The monoisotopic (exact) mass is 184 g/mol. The lowest BCUT2D eigenvalue weighted by molar-refractivity contribution is 0.0689. The molecule has 0 atom stereocenters. The van der Waals surface area contributed by atoms with Crippen LogP contribution in [0.15, 0.2) is 4.99 Å². The van der Waals surface area contributed by atoms with Gasteiger partial charge >= 0.3 is 0 Å². The summed E-state index contributed by atoms with van der Waals surface area (Å²) in [5, 5.41) is 0. The maximum absolute atomic E-state index is 5.75. The van der Waals surface area contributed by atoms with E-state index in [2.05, 4.69) is 18.8 Å². The summed E-state index contributed by atoms with van der Waals surface area (Å²) in [5.74, 6) is 1.84. The van der Waals surface area contributed by atoms with Crippen molar-refractivity contribution in [3.63, 3.8) is 0 Å². The van der Waals surface area contributed by atoms with Gasteiger partial charge in [0.05, 0.1) is 5.84 Å². The summed E-state index contributed by atoms with van der Waals surface area (Å²) >= 11 is 0. The molecule has 0 spiro atoms. The van der Waals surface area contributed by atoms with Crippen molar-refractivity contribution in [1.29, 1.82) is 0 Å². The number of ether oxygens (including phenoxy) is 1. The maximum atomic E-state index is 5.75. The van der Waals surface area contributed by atoms with E-state index in [1.54, 1.807) is 0 Å². The third kappa shape index (κ3) is 3.77. The van der Waals surface area contributed by atoms with E-state index in [4.69, 9.17) is 10.5 Å². The molecule has 0 aliphatic carbocycles. The number of amidine groups is 1. The molecule has 1 aliphatic rings. The van der Waals surface area contributed by atoms with Crippen LogP contribution in [-0.4, -0.2) is 25.6 Å². The van der Waals surface area contributed by atoms with E-state index in [1.807, 2.05) is 0 Å². The second-order valence-electron chi connectivity index (χ2n) is 3.98. The van der Waals surface area contributed by atoms with Gasteiger partial charge in [0.2, 0.25) is 0 Å².